The third kappa shape index (κ3) is 13.2. The Morgan fingerprint density at radius 2 is 1.82 bits per heavy atom. The zero-order valence-corrected chi connectivity index (χ0v) is 7.66. The van der Waals surface area contributed by atoms with Crippen LogP contribution in [0.2, 0.25) is 0 Å². The summed E-state index contributed by atoms with van der Waals surface area (Å²) in [5, 5.41) is 4.68. The van der Waals surface area contributed by atoms with Gasteiger partial charge in [0.05, 0.1) is 19.0 Å². The van der Waals surface area contributed by atoms with Gasteiger partial charge in [0.25, 0.3) is 0 Å². The van der Waals surface area contributed by atoms with Gasteiger partial charge in [0, 0.05) is 6.54 Å². The highest BCUT2D eigenvalue weighted by molar-refractivity contribution is 7.89. The molecule has 11 heavy (non-hydrogen) atoms. The van der Waals surface area contributed by atoms with Gasteiger partial charge in [0.15, 0.2) is 0 Å². The molecule has 0 bridgehead atoms. The molecule has 0 radical (unpaired) electrons. The Balaban J connectivity index is 0. The van der Waals surface area contributed by atoms with E-state index >= 15 is 0 Å². The van der Waals surface area contributed by atoms with Crippen LogP contribution in [-0.4, -0.2) is 33.9 Å². The van der Waals surface area contributed by atoms with E-state index in [1.54, 1.807) is 0 Å². The molecule has 0 aliphatic carbocycles. The molecular weight excluding hydrogens is 192 g/mol. The summed E-state index contributed by atoms with van der Waals surface area (Å²) < 4.78 is 25.3. The molecule has 0 aromatic heterocycles. The monoisotopic (exact) mass is 204 g/mol. The number of sulfonamides is 1. The Hall–Kier alpha value is 0.120. The topological polar surface area (TPSA) is 95.4 Å². The SMILES string of the molecule is Cl.NCCOCCS(N)(=O)=O. The Kier molecular flexibility index (Phi) is 8.47. The average molecular weight is 205 g/mol. The van der Waals surface area contributed by atoms with Crippen molar-refractivity contribution >= 4 is 22.4 Å². The minimum atomic E-state index is -3.37. The van der Waals surface area contributed by atoms with Gasteiger partial charge >= 0.3 is 0 Å². The van der Waals surface area contributed by atoms with Crippen molar-refractivity contribution in [1.29, 1.82) is 0 Å². The number of hydrogen-bond donors (Lipinski definition) is 2. The third-order valence-electron chi connectivity index (χ3n) is 0.774. The van der Waals surface area contributed by atoms with E-state index in [1.165, 1.54) is 0 Å². The summed E-state index contributed by atoms with van der Waals surface area (Å²) in [6.45, 7) is 0.885. The van der Waals surface area contributed by atoms with E-state index in [0.29, 0.717) is 13.2 Å². The van der Waals surface area contributed by atoms with Crippen LogP contribution in [0, 0.1) is 0 Å². The molecule has 0 saturated carbocycles. The number of rotatable bonds is 5. The highest BCUT2D eigenvalue weighted by atomic mass is 35.5. The molecule has 5 nitrogen and oxygen atoms in total. The molecule has 0 aliphatic rings. The third-order valence-corrected chi connectivity index (χ3v) is 1.51. The lowest BCUT2D eigenvalue weighted by Gasteiger charge is -1.99. The molecule has 4 N–H and O–H groups in total. The summed E-state index contributed by atoms with van der Waals surface area (Å²) in [6, 6.07) is 0. The number of halogens is 1. The fourth-order valence-corrected chi connectivity index (χ4v) is 0.711. The predicted molar refractivity (Wildman–Crippen MR) is 45.1 cm³/mol. The minimum Gasteiger partial charge on any atom is -0.379 e. The predicted octanol–water partition coefficient (Wildman–Crippen LogP) is -1.33. The smallest absolute Gasteiger partial charge is 0.211 e. The molecule has 70 valence electrons. The van der Waals surface area contributed by atoms with E-state index in [0.717, 1.165) is 0 Å². The van der Waals surface area contributed by atoms with E-state index in [1.807, 2.05) is 0 Å². The average Bonchev–Trinajstić information content (AvgIpc) is 1.78. The molecule has 0 rings (SSSR count). The fraction of sp³-hybridized carbons (Fsp3) is 1.00. The minimum absolute atomic E-state index is 0. The van der Waals surface area contributed by atoms with Crippen LogP contribution < -0.4 is 10.9 Å². The van der Waals surface area contributed by atoms with Crippen LogP contribution in [0.3, 0.4) is 0 Å². The van der Waals surface area contributed by atoms with Gasteiger partial charge in [-0.1, -0.05) is 0 Å². The first-order chi connectivity index (χ1) is 4.56. The summed E-state index contributed by atoms with van der Waals surface area (Å²) >= 11 is 0. The zero-order chi connectivity index (χ0) is 8.04. The van der Waals surface area contributed by atoms with Crippen LogP contribution in [0.5, 0.6) is 0 Å². The Labute approximate surface area is 72.5 Å². The largest absolute Gasteiger partial charge is 0.379 e. The molecule has 0 aromatic rings. The lowest BCUT2D eigenvalue weighted by atomic mass is 10.7. The standard InChI is InChI=1S/C4H12N2O3S.ClH/c5-1-2-9-3-4-10(6,7)8;/h1-5H2,(H2,6,7,8);1H. The summed E-state index contributed by atoms with van der Waals surface area (Å²) in [5.41, 5.74) is 5.07. The van der Waals surface area contributed by atoms with Gasteiger partial charge in [-0.25, -0.2) is 13.6 Å². The molecule has 0 fully saturated rings. The van der Waals surface area contributed by atoms with E-state index in [9.17, 15) is 8.42 Å². The second-order valence-electron chi connectivity index (χ2n) is 1.77. The first-order valence-electron chi connectivity index (χ1n) is 2.84. The van der Waals surface area contributed by atoms with Gasteiger partial charge in [0.1, 0.15) is 0 Å². The van der Waals surface area contributed by atoms with Gasteiger partial charge in [-0.2, -0.15) is 0 Å². The van der Waals surface area contributed by atoms with Crippen LogP contribution >= 0.6 is 12.4 Å². The Morgan fingerprint density at radius 3 is 2.18 bits per heavy atom. The van der Waals surface area contributed by atoms with Crippen molar-refractivity contribution in [3.8, 4) is 0 Å². The second kappa shape index (κ2) is 6.81. The summed E-state index contributed by atoms with van der Waals surface area (Å²) in [4.78, 5) is 0. The highest BCUT2D eigenvalue weighted by Gasteiger charge is 2.00. The van der Waals surface area contributed by atoms with Crippen molar-refractivity contribution in [3.05, 3.63) is 0 Å². The maximum absolute atomic E-state index is 10.3. The fourth-order valence-electron chi connectivity index (χ4n) is 0.360. The van der Waals surface area contributed by atoms with Crippen LogP contribution in [-0.2, 0) is 14.8 Å². The van der Waals surface area contributed by atoms with E-state index in [4.69, 9.17) is 10.5 Å². The van der Waals surface area contributed by atoms with Gasteiger partial charge in [-0.15, -0.1) is 12.4 Å². The molecule has 0 atom stereocenters. The number of hydrogen-bond acceptors (Lipinski definition) is 4. The molecular formula is C4H13ClN2O3S. The molecule has 0 aliphatic heterocycles. The first-order valence-corrected chi connectivity index (χ1v) is 4.56. The summed E-state index contributed by atoms with van der Waals surface area (Å²) in [5.74, 6) is -0.146. The second-order valence-corrected chi connectivity index (χ2v) is 3.50. The van der Waals surface area contributed by atoms with E-state index < -0.39 is 10.0 Å². The van der Waals surface area contributed by atoms with Crippen LogP contribution in [0.15, 0.2) is 0 Å². The lowest BCUT2D eigenvalue weighted by molar-refractivity contribution is 0.157. The molecule has 7 heteroatoms. The van der Waals surface area contributed by atoms with Crippen molar-refractivity contribution in [2.75, 3.05) is 25.5 Å². The Bertz CT molecular complexity index is 170. The normalized spacial score (nSPS) is 10.7. The van der Waals surface area contributed by atoms with Crippen LogP contribution in [0.4, 0.5) is 0 Å². The van der Waals surface area contributed by atoms with Crippen LogP contribution in [0.25, 0.3) is 0 Å². The van der Waals surface area contributed by atoms with Gasteiger partial charge in [-0.3, -0.25) is 0 Å². The van der Waals surface area contributed by atoms with Crippen LogP contribution in [0.1, 0.15) is 0 Å². The Morgan fingerprint density at radius 1 is 1.27 bits per heavy atom. The molecule has 0 saturated heterocycles. The van der Waals surface area contributed by atoms with E-state index in [-0.39, 0.29) is 24.8 Å². The van der Waals surface area contributed by atoms with Crippen molar-refractivity contribution in [2.45, 2.75) is 0 Å². The maximum atomic E-state index is 10.3. The maximum Gasteiger partial charge on any atom is 0.211 e. The number of primary sulfonamides is 1. The van der Waals surface area contributed by atoms with Crippen molar-refractivity contribution in [1.82, 2.24) is 0 Å². The van der Waals surface area contributed by atoms with Gasteiger partial charge < -0.3 is 10.5 Å². The lowest BCUT2D eigenvalue weighted by Crippen LogP contribution is -2.21. The quantitative estimate of drug-likeness (QED) is 0.543. The highest BCUT2D eigenvalue weighted by Crippen LogP contribution is 1.78. The molecule has 0 heterocycles. The molecule has 0 amide bonds. The van der Waals surface area contributed by atoms with Crippen molar-refractivity contribution in [2.24, 2.45) is 10.9 Å². The van der Waals surface area contributed by atoms with E-state index in [2.05, 4.69) is 5.14 Å². The number of ether oxygens (including phenoxy) is 1. The molecule has 0 spiro atoms. The number of nitrogens with two attached hydrogens (primary N) is 2. The summed E-state index contributed by atoms with van der Waals surface area (Å²) in [6.07, 6.45) is 0. The van der Waals surface area contributed by atoms with Crippen molar-refractivity contribution < 1.29 is 13.2 Å². The van der Waals surface area contributed by atoms with Gasteiger partial charge in [0.2, 0.25) is 10.0 Å². The van der Waals surface area contributed by atoms with Gasteiger partial charge in [-0.05, 0) is 0 Å². The zero-order valence-electron chi connectivity index (χ0n) is 6.02. The van der Waals surface area contributed by atoms with Crippen molar-refractivity contribution in [3.63, 3.8) is 0 Å². The molecule has 0 aromatic carbocycles. The summed E-state index contributed by atoms with van der Waals surface area (Å²) in [7, 11) is -3.37. The molecule has 0 unspecified atom stereocenters. The first kappa shape index (κ1) is 13.7.